The monoisotopic (exact) mass is 271 g/mol. The fourth-order valence-electron chi connectivity index (χ4n) is 2.46. The first-order valence-electron chi connectivity index (χ1n) is 6.90. The number of nitrogens with zero attached hydrogens (tertiary/aromatic N) is 1. The van der Waals surface area contributed by atoms with E-state index in [4.69, 9.17) is 4.42 Å². The number of benzene rings is 3. The third-order valence-electron chi connectivity index (χ3n) is 3.56. The Balaban J connectivity index is 1.77. The highest BCUT2D eigenvalue weighted by Crippen LogP contribution is 2.28. The quantitative estimate of drug-likeness (QED) is 0.503. The van der Waals surface area contributed by atoms with Gasteiger partial charge < -0.3 is 4.42 Å². The maximum absolute atomic E-state index is 5.89. The average Bonchev–Trinajstić information content (AvgIpc) is 3.05. The molecule has 0 amide bonds. The van der Waals surface area contributed by atoms with E-state index < -0.39 is 0 Å². The second kappa shape index (κ2) is 4.91. The zero-order chi connectivity index (χ0) is 14.1. The molecular weight excluding hydrogens is 258 g/mol. The molecule has 0 spiro atoms. The van der Waals surface area contributed by atoms with Crippen molar-refractivity contribution in [2.75, 3.05) is 0 Å². The van der Waals surface area contributed by atoms with E-state index in [-0.39, 0.29) is 0 Å². The number of fused-ring (bicyclic) bond motifs is 1. The van der Waals surface area contributed by atoms with Crippen LogP contribution in [0, 0.1) is 0 Å². The molecule has 0 saturated carbocycles. The highest BCUT2D eigenvalue weighted by atomic mass is 16.4. The molecule has 2 heteroatoms. The Bertz CT molecular complexity index is 894. The van der Waals surface area contributed by atoms with E-state index in [1.54, 1.807) is 6.20 Å². The molecule has 0 N–H and O–H groups in total. The second-order valence-corrected chi connectivity index (χ2v) is 4.96. The van der Waals surface area contributed by atoms with E-state index >= 15 is 0 Å². The molecule has 2 nitrogen and oxygen atoms in total. The van der Waals surface area contributed by atoms with Crippen LogP contribution in [0.3, 0.4) is 0 Å². The van der Waals surface area contributed by atoms with Crippen LogP contribution >= 0.6 is 0 Å². The Morgan fingerprint density at radius 3 is 2.29 bits per heavy atom. The summed E-state index contributed by atoms with van der Waals surface area (Å²) in [7, 11) is 0. The minimum atomic E-state index is 0.652. The molecule has 0 bridgehead atoms. The molecule has 0 aliphatic carbocycles. The molecule has 0 saturated heterocycles. The van der Waals surface area contributed by atoms with Gasteiger partial charge in [-0.25, -0.2) is 4.98 Å². The highest BCUT2D eigenvalue weighted by molar-refractivity contribution is 5.86. The van der Waals surface area contributed by atoms with Crippen molar-refractivity contribution in [3.05, 3.63) is 79.0 Å². The topological polar surface area (TPSA) is 26.0 Å². The molecule has 0 radical (unpaired) electrons. The van der Waals surface area contributed by atoms with Crippen molar-refractivity contribution in [3.63, 3.8) is 0 Å². The van der Waals surface area contributed by atoms with Gasteiger partial charge in [-0.2, -0.15) is 0 Å². The Morgan fingerprint density at radius 1 is 0.667 bits per heavy atom. The van der Waals surface area contributed by atoms with Crippen LogP contribution in [-0.2, 0) is 0 Å². The summed E-state index contributed by atoms with van der Waals surface area (Å²) in [5.41, 5.74) is 2.04. The lowest BCUT2D eigenvalue weighted by molar-refractivity contribution is 0.589. The van der Waals surface area contributed by atoms with Crippen molar-refractivity contribution in [1.82, 2.24) is 4.98 Å². The molecule has 21 heavy (non-hydrogen) atoms. The van der Waals surface area contributed by atoms with E-state index in [1.165, 1.54) is 10.8 Å². The molecule has 0 aliphatic heterocycles. The van der Waals surface area contributed by atoms with Crippen molar-refractivity contribution < 1.29 is 4.42 Å². The Morgan fingerprint density at radius 2 is 1.43 bits per heavy atom. The van der Waals surface area contributed by atoms with Crippen LogP contribution < -0.4 is 0 Å². The molecule has 3 aromatic carbocycles. The van der Waals surface area contributed by atoms with E-state index in [1.807, 2.05) is 42.5 Å². The Labute approximate surface area is 122 Å². The van der Waals surface area contributed by atoms with Gasteiger partial charge in [0.15, 0.2) is 5.76 Å². The maximum atomic E-state index is 5.89. The summed E-state index contributed by atoms with van der Waals surface area (Å²) in [4.78, 5) is 4.38. The van der Waals surface area contributed by atoms with Gasteiger partial charge in [0.2, 0.25) is 5.89 Å². The van der Waals surface area contributed by atoms with E-state index in [9.17, 15) is 0 Å². The third-order valence-corrected chi connectivity index (χ3v) is 3.56. The summed E-state index contributed by atoms with van der Waals surface area (Å²) in [6.45, 7) is 0. The van der Waals surface area contributed by atoms with E-state index in [0.29, 0.717) is 5.89 Å². The van der Waals surface area contributed by atoms with Crippen molar-refractivity contribution in [1.29, 1.82) is 0 Å². The summed E-state index contributed by atoms with van der Waals surface area (Å²) < 4.78 is 5.89. The summed E-state index contributed by atoms with van der Waals surface area (Å²) in [6.07, 6.45) is 1.78. The third kappa shape index (κ3) is 2.21. The largest absolute Gasteiger partial charge is 0.436 e. The number of aromatic nitrogens is 1. The molecule has 0 aliphatic rings. The minimum absolute atomic E-state index is 0.652. The van der Waals surface area contributed by atoms with Crippen LogP contribution in [0.4, 0.5) is 0 Å². The zero-order valence-electron chi connectivity index (χ0n) is 11.4. The molecule has 4 aromatic rings. The smallest absolute Gasteiger partial charge is 0.226 e. The summed E-state index contributed by atoms with van der Waals surface area (Å²) in [6, 6.07) is 24.5. The van der Waals surface area contributed by atoms with Crippen LogP contribution in [0.15, 0.2) is 83.4 Å². The number of oxazole rings is 1. The van der Waals surface area contributed by atoms with Gasteiger partial charge in [-0.05, 0) is 29.0 Å². The first-order valence-corrected chi connectivity index (χ1v) is 6.90. The molecule has 0 fully saturated rings. The summed E-state index contributed by atoms with van der Waals surface area (Å²) in [5.74, 6) is 1.44. The lowest BCUT2D eigenvalue weighted by atomic mass is 10.1. The molecule has 0 atom stereocenters. The van der Waals surface area contributed by atoms with Gasteiger partial charge in [0.1, 0.15) is 0 Å². The fourth-order valence-corrected chi connectivity index (χ4v) is 2.46. The maximum Gasteiger partial charge on any atom is 0.226 e. The summed E-state index contributed by atoms with van der Waals surface area (Å²) >= 11 is 0. The van der Waals surface area contributed by atoms with Gasteiger partial charge in [-0.3, -0.25) is 0 Å². The van der Waals surface area contributed by atoms with E-state index in [0.717, 1.165) is 16.9 Å². The Hall–Kier alpha value is -2.87. The van der Waals surface area contributed by atoms with Gasteiger partial charge in [0.05, 0.1) is 6.20 Å². The molecule has 1 aromatic heterocycles. The predicted molar refractivity (Wildman–Crippen MR) is 84.9 cm³/mol. The molecule has 0 unspecified atom stereocenters. The van der Waals surface area contributed by atoms with E-state index in [2.05, 4.69) is 35.3 Å². The van der Waals surface area contributed by atoms with Crippen LogP contribution in [-0.4, -0.2) is 4.98 Å². The highest BCUT2D eigenvalue weighted by Gasteiger charge is 2.08. The van der Waals surface area contributed by atoms with Crippen molar-refractivity contribution in [3.8, 4) is 22.8 Å². The van der Waals surface area contributed by atoms with Crippen molar-refractivity contribution in [2.24, 2.45) is 0 Å². The molecular formula is C19H13NO. The SMILES string of the molecule is c1ccc(-c2ncc(-c3ccc4ccccc4c3)o2)cc1. The normalized spacial score (nSPS) is 10.9. The fraction of sp³-hybridized carbons (Fsp3) is 0. The van der Waals surface area contributed by atoms with Gasteiger partial charge in [0.25, 0.3) is 0 Å². The first-order chi connectivity index (χ1) is 10.4. The molecule has 4 rings (SSSR count). The number of rotatable bonds is 2. The van der Waals surface area contributed by atoms with Crippen LogP contribution in [0.5, 0.6) is 0 Å². The predicted octanol–water partition coefficient (Wildman–Crippen LogP) is 5.16. The van der Waals surface area contributed by atoms with Gasteiger partial charge in [0, 0.05) is 11.1 Å². The number of hydrogen-bond donors (Lipinski definition) is 0. The number of hydrogen-bond acceptors (Lipinski definition) is 2. The molecule has 100 valence electrons. The summed E-state index contributed by atoms with van der Waals surface area (Å²) in [5, 5.41) is 2.43. The standard InChI is InChI=1S/C19H13NO/c1-2-7-15(8-3-1)19-20-13-18(21-19)17-11-10-14-6-4-5-9-16(14)12-17/h1-13H. The van der Waals surface area contributed by atoms with Crippen LogP contribution in [0.2, 0.25) is 0 Å². The zero-order valence-corrected chi connectivity index (χ0v) is 11.4. The van der Waals surface area contributed by atoms with Crippen LogP contribution in [0.1, 0.15) is 0 Å². The van der Waals surface area contributed by atoms with Crippen molar-refractivity contribution >= 4 is 10.8 Å². The lowest BCUT2D eigenvalue weighted by Gasteiger charge is -2.00. The molecule has 1 heterocycles. The average molecular weight is 271 g/mol. The minimum Gasteiger partial charge on any atom is -0.436 e. The second-order valence-electron chi connectivity index (χ2n) is 4.96. The van der Waals surface area contributed by atoms with Gasteiger partial charge in [-0.15, -0.1) is 0 Å². The first kappa shape index (κ1) is 11.9. The lowest BCUT2D eigenvalue weighted by Crippen LogP contribution is -1.76. The van der Waals surface area contributed by atoms with Gasteiger partial charge >= 0.3 is 0 Å². The Kier molecular flexibility index (Phi) is 2.79. The van der Waals surface area contributed by atoms with Crippen molar-refractivity contribution in [2.45, 2.75) is 0 Å². The van der Waals surface area contributed by atoms with Crippen LogP contribution in [0.25, 0.3) is 33.6 Å². The van der Waals surface area contributed by atoms with Gasteiger partial charge in [-0.1, -0.05) is 54.6 Å².